The molecule has 0 spiro atoms. The van der Waals surface area contributed by atoms with Crippen LogP contribution in [0.1, 0.15) is 79.5 Å². The molecule has 0 aromatic heterocycles. The monoisotopic (exact) mass is 499 g/mol. The SMILES string of the molecule is Oc1ccc2c(c1C1CCC(F)(F)CC1)CCCC=C2c1ccc(O[C@H]2CCN(CCCF)C2)cc1. The number of benzene rings is 2. The number of rotatable bonds is 7. The van der Waals surface area contributed by atoms with E-state index in [1.807, 2.05) is 18.2 Å². The highest BCUT2D eigenvalue weighted by molar-refractivity contribution is 5.83. The molecule has 2 fully saturated rings. The second kappa shape index (κ2) is 10.9. The smallest absolute Gasteiger partial charge is 0.248 e. The third-order valence-electron chi connectivity index (χ3n) is 8.03. The number of phenols is 1. The second-order valence-electron chi connectivity index (χ2n) is 10.6. The van der Waals surface area contributed by atoms with E-state index >= 15 is 0 Å². The zero-order valence-corrected chi connectivity index (χ0v) is 20.8. The van der Waals surface area contributed by atoms with Crippen molar-refractivity contribution in [2.45, 2.75) is 75.7 Å². The fourth-order valence-corrected chi connectivity index (χ4v) is 6.15. The van der Waals surface area contributed by atoms with Gasteiger partial charge in [-0.15, -0.1) is 0 Å². The van der Waals surface area contributed by atoms with Crippen molar-refractivity contribution in [3.8, 4) is 11.5 Å². The van der Waals surface area contributed by atoms with Crippen LogP contribution in [0, 0.1) is 0 Å². The summed E-state index contributed by atoms with van der Waals surface area (Å²) in [5.41, 5.74) is 5.33. The van der Waals surface area contributed by atoms with Crippen molar-refractivity contribution in [2.24, 2.45) is 0 Å². The third-order valence-corrected chi connectivity index (χ3v) is 8.03. The van der Waals surface area contributed by atoms with E-state index in [1.54, 1.807) is 6.07 Å². The Balaban J connectivity index is 1.34. The average Bonchev–Trinajstić information content (AvgIpc) is 3.20. The van der Waals surface area contributed by atoms with Crippen molar-refractivity contribution in [2.75, 3.05) is 26.3 Å². The molecule has 6 heteroatoms. The highest BCUT2D eigenvalue weighted by Crippen LogP contribution is 2.47. The number of halogens is 3. The fraction of sp³-hybridized carbons (Fsp3) is 0.533. The summed E-state index contributed by atoms with van der Waals surface area (Å²) in [6.45, 7) is 2.28. The molecule has 0 bridgehead atoms. The van der Waals surface area contributed by atoms with Crippen molar-refractivity contribution in [1.82, 2.24) is 4.90 Å². The Labute approximate surface area is 212 Å². The van der Waals surface area contributed by atoms with E-state index in [0.29, 0.717) is 19.3 Å². The van der Waals surface area contributed by atoms with E-state index in [-0.39, 0.29) is 37.3 Å². The highest BCUT2D eigenvalue weighted by Gasteiger charge is 2.37. The number of likely N-dealkylation sites (tertiary alicyclic amines) is 1. The van der Waals surface area contributed by atoms with Crippen LogP contribution in [0.5, 0.6) is 11.5 Å². The quantitative estimate of drug-likeness (QED) is 0.435. The summed E-state index contributed by atoms with van der Waals surface area (Å²) in [4.78, 5) is 2.26. The second-order valence-corrected chi connectivity index (χ2v) is 10.6. The first kappa shape index (κ1) is 25.2. The van der Waals surface area contributed by atoms with Gasteiger partial charge in [-0.05, 0) is 91.3 Å². The maximum absolute atomic E-state index is 13.8. The molecular weight excluding hydrogens is 463 g/mol. The maximum Gasteiger partial charge on any atom is 0.248 e. The zero-order chi connectivity index (χ0) is 25.1. The number of allylic oxidation sites excluding steroid dienone is 1. The zero-order valence-electron chi connectivity index (χ0n) is 20.8. The van der Waals surface area contributed by atoms with Crippen molar-refractivity contribution in [3.05, 3.63) is 64.7 Å². The van der Waals surface area contributed by atoms with Crippen molar-refractivity contribution in [1.29, 1.82) is 0 Å². The summed E-state index contributed by atoms with van der Waals surface area (Å²) in [7, 11) is 0. The number of alkyl halides is 3. The molecule has 1 N–H and O–H groups in total. The minimum Gasteiger partial charge on any atom is -0.508 e. The first-order valence-corrected chi connectivity index (χ1v) is 13.4. The summed E-state index contributed by atoms with van der Waals surface area (Å²) in [6.07, 6.45) is 7.25. The van der Waals surface area contributed by atoms with Crippen LogP contribution in [0.3, 0.4) is 0 Å². The van der Waals surface area contributed by atoms with Gasteiger partial charge < -0.3 is 9.84 Å². The molecular formula is C30H36F3NO2. The Bertz CT molecular complexity index is 1070. The lowest BCUT2D eigenvalue weighted by Gasteiger charge is -2.31. The Morgan fingerprint density at radius 2 is 1.81 bits per heavy atom. The van der Waals surface area contributed by atoms with E-state index in [0.717, 1.165) is 78.9 Å². The molecule has 1 saturated heterocycles. The predicted octanol–water partition coefficient (Wildman–Crippen LogP) is 7.27. The van der Waals surface area contributed by atoms with Gasteiger partial charge in [-0.3, -0.25) is 9.29 Å². The summed E-state index contributed by atoms with van der Waals surface area (Å²) in [5, 5.41) is 10.8. The molecule has 2 aromatic rings. The molecule has 1 saturated carbocycles. The number of fused-ring (bicyclic) bond motifs is 1. The molecule has 3 nitrogen and oxygen atoms in total. The summed E-state index contributed by atoms with van der Waals surface area (Å²) in [5.74, 6) is -1.53. The molecule has 0 amide bonds. The molecule has 0 unspecified atom stereocenters. The van der Waals surface area contributed by atoms with Gasteiger partial charge in [-0.1, -0.05) is 24.3 Å². The summed E-state index contributed by atoms with van der Waals surface area (Å²) < 4.78 is 46.3. The lowest BCUT2D eigenvalue weighted by molar-refractivity contribution is -0.0384. The number of hydrogen-bond donors (Lipinski definition) is 1. The Morgan fingerprint density at radius 1 is 1.03 bits per heavy atom. The van der Waals surface area contributed by atoms with Gasteiger partial charge in [0.2, 0.25) is 5.92 Å². The third kappa shape index (κ3) is 5.59. The standard InChI is InChI=1S/C30H36F3NO2/c31-17-3-18-34-19-14-24(20-34)36-23-8-6-21(7-9-23)25-4-1-2-5-27-26(25)10-11-28(35)29(27)22-12-15-30(32,33)16-13-22/h4,6-11,22,24,35H,1-3,5,12-20H2/t24-/m0/s1. The van der Waals surface area contributed by atoms with Crippen LogP contribution in [-0.2, 0) is 6.42 Å². The van der Waals surface area contributed by atoms with Crippen LogP contribution >= 0.6 is 0 Å². The van der Waals surface area contributed by atoms with E-state index in [9.17, 15) is 18.3 Å². The van der Waals surface area contributed by atoms with E-state index in [1.165, 1.54) is 0 Å². The number of aromatic hydroxyl groups is 1. The summed E-state index contributed by atoms with van der Waals surface area (Å²) >= 11 is 0. The average molecular weight is 500 g/mol. The van der Waals surface area contributed by atoms with Gasteiger partial charge in [-0.25, -0.2) is 8.78 Å². The predicted molar refractivity (Wildman–Crippen MR) is 137 cm³/mol. The topological polar surface area (TPSA) is 32.7 Å². The van der Waals surface area contributed by atoms with Crippen LogP contribution in [0.25, 0.3) is 5.57 Å². The molecule has 1 heterocycles. The van der Waals surface area contributed by atoms with Crippen LogP contribution in [0.15, 0.2) is 42.5 Å². The molecule has 36 heavy (non-hydrogen) atoms. The largest absolute Gasteiger partial charge is 0.508 e. The molecule has 3 aliphatic rings. The van der Waals surface area contributed by atoms with Gasteiger partial charge in [0.25, 0.3) is 0 Å². The number of ether oxygens (including phenoxy) is 1. The Hall–Kier alpha value is -2.47. The van der Waals surface area contributed by atoms with Crippen LogP contribution in [0.2, 0.25) is 0 Å². The van der Waals surface area contributed by atoms with Crippen LogP contribution in [0.4, 0.5) is 13.2 Å². The highest BCUT2D eigenvalue weighted by atomic mass is 19.3. The number of nitrogens with zero attached hydrogens (tertiary/aromatic N) is 1. The van der Waals surface area contributed by atoms with E-state index < -0.39 is 5.92 Å². The number of phenolic OH excluding ortho intramolecular Hbond substituents is 1. The maximum atomic E-state index is 13.8. The van der Waals surface area contributed by atoms with Crippen molar-refractivity contribution in [3.63, 3.8) is 0 Å². The number of hydrogen-bond acceptors (Lipinski definition) is 3. The van der Waals surface area contributed by atoms with Gasteiger partial charge >= 0.3 is 0 Å². The Kier molecular flexibility index (Phi) is 7.61. The van der Waals surface area contributed by atoms with Gasteiger partial charge in [-0.2, -0.15) is 0 Å². The normalized spacial score (nSPS) is 22.6. The molecule has 1 aliphatic heterocycles. The van der Waals surface area contributed by atoms with Crippen molar-refractivity contribution >= 4 is 5.57 Å². The first-order chi connectivity index (χ1) is 17.4. The van der Waals surface area contributed by atoms with Crippen molar-refractivity contribution < 1.29 is 23.0 Å². The molecule has 2 aromatic carbocycles. The van der Waals surface area contributed by atoms with Gasteiger partial charge in [0.1, 0.15) is 17.6 Å². The lowest BCUT2D eigenvalue weighted by atomic mass is 9.77. The van der Waals surface area contributed by atoms with E-state index in [4.69, 9.17) is 4.74 Å². The minimum absolute atomic E-state index is 0.0226. The van der Waals surface area contributed by atoms with Gasteiger partial charge in [0, 0.05) is 38.0 Å². The molecule has 2 aliphatic carbocycles. The van der Waals surface area contributed by atoms with E-state index in [2.05, 4.69) is 23.1 Å². The minimum atomic E-state index is -2.59. The first-order valence-electron chi connectivity index (χ1n) is 13.4. The van der Waals surface area contributed by atoms with Gasteiger partial charge in [0.15, 0.2) is 0 Å². The fourth-order valence-electron chi connectivity index (χ4n) is 6.15. The molecule has 1 atom stereocenters. The lowest BCUT2D eigenvalue weighted by Crippen LogP contribution is -2.26. The Morgan fingerprint density at radius 3 is 2.56 bits per heavy atom. The van der Waals surface area contributed by atoms with Crippen LogP contribution in [-0.4, -0.2) is 48.3 Å². The summed E-state index contributed by atoms with van der Waals surface area (Å²) in [6, 6.07) is 11.9. The van der Waals surface area contributed by atoms with Crippen LogP contribution < -0.4 is 4.74 Å². The molecule has 194 valence electrons. The molecule has 5 rings (SSSR count). The molecule has 0 radical (unpaired) electrons. The van der Waals surface area contributed by atoms with Gasteiger partial charge in [0.05, 0.1) is 6.67 Å².